The molecule has 1 aromatic heterocycles. The number of aliphatic hydroxyl groups excluding tert-OH is 1. The highest BCUT2D eigenvalue weighted by Gasteiger charge is 2.21. The molecule has 3 rings (SSSR count). The van der Waals surface area contributed by atoms with E-state index in [1.807, 2.05) is 24.3 Å². The van der Waals surface area contributed by atoms with E-state index < -0.39 is 11.9 Å². The minimum atomic E-state index is -1.08. The Kier molecular flexibility index (Phi) is 5.46. The van der Waals surface area contributed by atoms with E-state index in [9.17, 15) is 9.50 Å². The standard InChI is InChI=1S/C19H18ClFN2O2/c1-2-3-5-12-8-10-13(11-9-12)17(24)19-22-18(23-25-19)16-14(20)6-4-7-15(16)21/h4,6-11,17,24H,2-3,5H2,1H3. The molecule has 0 aliphatic heterocycles. The van der Waals surface area contributed by atoms with Crippen molar-refractivity contribution in [3.05, 3.63) is 70.3 Å². The summed E-state index contributed by atoms with van der Waals surface area (Å²) in [6.45, 7) is 2.15. The number of rotatable bonds is 6. The molecule has 25 heavy (non-hydrogen) atoms. The summed E-state index contributed by atoms with van der Waals surface area (Å²) in [5.41, 5.74) is 1.90. The number of hydrogen-bond donors (Lipinski definition) is 1. The molecule has 130 valence electrons. The number of unbranched alkanes of at least 4 members (excludes halogenated alkanes) is 1. The number of nitrogens with zero attached hydrogens (tertiary/aromatic N) is 2. The topological polar surface area (TPSA) is 59.2 Å². The molecule has 0 aliphatic rings. The minimum Gasteiger partial charge on any atom is -0.378 e. The van der Waals surface area contributed by atoms with Gasteiger partial charge < -0.3 is 9.63 Å². The SMILES string of the molecule is CCCCc1ccc(C(O)c2nc(-c3c(F)cccc3Cl)no2)cc1. The normalized spacial score (nSPS) is 12.3. The Labute approximate surface area is 150 Å². The van der Waals surface area contributed by atoms with Crippen LogP contribution in [0, 0.1) is 5.82 Å². The van der Waals surface area contributed by atoms with E-state index in [1.54, 1.807) is 6.07 Å². The van der Waals surface area contributed by atoms with E-state index in [-0.39, 0.29) is 22.3 Å². The summed E-state index contributed by atoms with van der Waals surface area (Å²) >= 11 is 6.00. The lowest BCUT2D eigenvalue weighted by molar-refractivity contribution is 0.170. The molecule has 0 fully saturated rings. The second-order valence-corrected chi connectivity index (χ2v) is 6.21. The van der Waals surface area contributed by atoms with Crippen molar-refractivity contribution in [3.8, 4) is 11.4 Å². The van der Waals surface area contributed by atoms with Gasteiger partial charge in [0.15, 0.2) is 6.10 Å². The van der Waals surface area contributed by atoms with Gasteiger partial charge in [-0.15, -0.1) is 0 Å². The molecule has 0 bridgehead atoms. The van der Waals surface area contributed by atoms with E-state index in [2.05, 4.69) is 17.1 Å². The molecule has 1 N–H and O–H groups in total. The van der Waals surface area contributed by atoms with Gasteiger partial charge in [-0.3, -0.25) is 0 Å². The Balaban J connectivity index is 1.82. The summed E-state index contributed by atoms with van der Waals surface area (Å²) in [5, 5.41) is 14.4. The molecular weight excluding hydrogens is 343 g/mol. The Morgan fingerprint density at radius 2 is 1.96 bits per heavy atom. The van der Waals surface area contributed by atoms with Gasteiger partial charge in [-0.05, 0) is 36.1 Å². The molecule has 2 aromatic carbocycles. The number of hydrogen-bond acceptors (Lipinski definition) is 4. The van der Waals surface area contributed by atoms with E-state index in [0.717, 1.165) is 19.3 Å². The van der Waals surface area contributed by atoms with Crippen LogP contribution in [0.2, 0.25) is 5.02 Å². The fourth-order valence-corrected chi connectivity index (χ4v) is 2.80. The van der Waals surface area contributed by atoms with Crippen molar-refractivity contribution >= 4 is 11.6 Å². The maximum absolute atomic E-state index is 13.9. The predicted molar refractivity (Wildman–Crippen MR) is 93.8 cm³/mol. The van der Waals surface area contributed by atoms with Crippen molar-refractivity contribution in [2.75, 3.05) is 0 Å². The van der Waals surface area contributed by atoms with Crippen molar-refractivity contribution < 1.29 is 14.0 Å². The molecule has 1 unspecified atom stereocenters. The first kappa shape index (κ1) is 17.6. The highest BCUT2D eigenvalue weighted by atomic mass is 35.5. The summed E-state index contributed by atoms with van der Waals surface area (Å²) in [7, 11) is 0. The third-order valence-corrected chi connectivity index (χ3v) is 4.29. The van der Waals surface area contributed by atoms with Crippen LogP contribution in [0.3, 0.4) is 0 Å². The molecular formula is C19H18ClFN2O2. The number of aryl methyl sites for hydroxylation is 1. The Bertz CT molecular complexity index is 829. The summed E-state index contributed by atoms with van der Waals surface area (Å²) in [6, 6.07) is 11.9. The van der Waals surface area contributed by atoms with Gasteiger partial charge in [0, 0.05) is 0 Å². The van der Waals surface area contributed by atoms with E-state index >= 15 is 0 Å². The Morgan fingerprint density at radius 1 is 1.20 bits per heavy atom. The summed E-state index contributed by atoms with van der Waals surface area (Å²) < 4.78 is 19.1. The average Bonchev–Trinajstić information content (AvgIpc) is 3.09. The monoisotopic (exact) mass is 360 g/mol. The molecule has 0 aliphatic carbocycles. The largest absolute Gasteiger partial charge is 0.378 e. The maximum Gasteiger partial charge on any atom is 0.260 e. The first-order chi connectivity index (χ1) is 12.1. The second-order valence-electron chi connectivity index (χ2n) is 5.80. The van der Waals surface area contributed by atoms with E-state index in [4.69, 9.17) is 16.1 Å². The van der Waals surface area contributed by atoms with Crippen molar-refractivity contribution in [1.82, 2.24) is 10.1 Å². The molecule has 0 spiro atoms. The number of halogens is 2. The van der Waals surface area contributed by atoms with Crippen molar-refractivity contribution in [2.24, 2.45) is 0 Å². The van der Waals surface area contributed by atoms with Gasteiger partial charge in [-0.2, -0.15) is 4.98 Å². The van der Waals surface area contributed by atoms with Crippen LogP contribution >= 0.6 is 11.6 Å². The molecule has 1 heterocycles. The van der Waals surface area contributed by atoms with Crippen molar-refractivity contribution in [2.45, 2.75) is 32.3 Å². The third kappa shape index (κ3) is 3.89. The van der Waals surface area contributed by atoms with Crippen molar-refractivity contribution in [3.63, 3.8) is 0 Å². The Morgan fingerprint density at radius 3 is 2.64 bits per heavy atom. The van der Waals surface area contributed by atoms with Crippen LogP contribution in [0.25, 0.3) is 11.4 Å². The van der Waals surface area contributed by atoms with Crippen LogP contribution in [-0.4, -0.2) is 15.2 Å². The highest BCUT2D eigenvalue weighted by Crippen LogP contribution is 2.30. The fraction of sp³-hybridized carbons (Fsp3) is 0.263. The van der Waals surface area contributed by atoms with Gasteiger partial charge in [-0.25, -0.2) is 4.39 Å². The van der Waals surface area contributed by atoms with Gasteiger partial charge in [0.05, 0.1) is 10.6 Å². The van der Waals surface area contributed by atoms with Gasteiger partial charge in [-0.1, -0.05) is 60.4 Å². The fourth-order valence-electron chi connectivity index (χ4n) is 2.55. The number of aliphatic hydroxyl groups is 1. The van der Waals surface area contributed by atoms with Gasteiger partial charge in [0.1, 0.15) is 5.82 Å². The number of aromatic nitrogens is 2. The van der Waals surface area contributed by atoms with Gasteiger partial charge in [0.2, 0.25) is 5.82 Å². The van der Waals surface area contributed by atoms with E-state index in [1.165, 1.54) is 17.7 Å². The quantitative estimate of drug-likeness (QED) is 0.675. The van der Waals surface area contributed by atoms with Crippen LogP contribution in [0.15, 0.2) is 47.0 Å². The van der Waals surface area contributed by atoms with Crippen LogP contribution in [0.1, 0.15) is 42.9 Å². The lowest BCUT2D eigenvalue weighted by Crippen LogP contribution is -2.00. The first-order valence-electron chi connectivity index (χ1n) is 8.15. The molecule has 6 heteroatoms. The summed E-state index contributed by atoms with van der Waals surface area (Å²) in [5.74, 6) is -0.540. The minimum absolute atomic E-state index is 0.00405. The molecule has 0 radical (unpaired) electrons. The summed E-state index contributed by atoms with van der Waals surface area (Å²) in [6.07, 6.45) is 2.18. The Hall–Kier alpha value is -2.24. The zero-order valence-corrected chi connectivity index (χ0v) is 14.5. The zero-order chi connectivity index (χ0) is 17.8. The smallest absolute Gasteiger partial charge is 0.260 e. The van der Waals surface area contributed by atoms with E-state index in [0.29, 0.717) is 5.56 Å². The highest BCUT2D eigenvalue weighted by molar-refractivity contribution is 6.33. The van der Waals surface area contributed by atoms with Crippen LogP contribution < -0.4 is 0 Å². The van der Waals surface area contributed by atoms with Crippen molar-refractivity contribution in [1.29, 1.82) is 0 Å². The zero-order valence-electron chi connectivity index (χ0n) is 13.7. The first-order valence-corrected chi connectivity index (χ1v) is 8.53. The van der Waals surface area contributed by atoms with Crippen LogP contribution in [-0.2, 0) is 6.42 Å². The lowest BCUT2D eigenvalue weighted by atomic mass is 10.0. The summed E-state index contributed by atoms with van der Waals surface area (Å²) in [4.78, 5) is 4.10. The van der Waals surface area contributed by atoms with Crippen LogP contribution in [0.5, 0.6) is 0 Å². The second kappa shape index (κ2) is 7.76. The number of benzene rings is 2. The average molecular weight is 361 g/mol. The van der Waals surface area contributed by atoms with Gasteiger partial charge >= 0.3 is 0 Å². The lowest BCUT2D eigenvalue weighted by Gasteiger charge is -2.07. The molecule has 3 aromatic rings. The molecule has 4 nitrogen and oxygen atoms in total. The van der Waals surface area contributed by atoms with Gasteiger partial charge in [0.25, 0.3) is 5.89 Å². The molecule has 1 atom stereocenters. The molecule has 0 saturated heterocycles. The predicted octanol–water partition coefficient (Wildman–Crippen LogP) is 4.95. The third-order valence-electron chi connectivity index (χ3n) is 3.98. The molecule has 0 saturated carbocycles. The van der Waals surface area contributed by atoms with Crippen LogP contribution in [0.4, 0.5) is 4.39 Å². The molecule has 0 amide bonds. The maximum atomic E-state index is 13.9.